The maximum absolute atomic E-state index is 12.0. The van der Waals surface area contributed by atoms with E-state index < -0.39 is 0 Å². The maximum Gasteiger partial charge on any atom is 0.343 e. The molecule has 4 heteroatoms. The second-order valence-electron chi connectivity index (χ2n) is 22.1. The summed E-state index contributed by atoms with van der Waals surface area (Å²) >= 11 is 0. The first-order chi connectivity index (χ1) is 28.5. The van der Waals surface area contributed by atoms with Gasteiger partial charge in [-0.15, -0.1) is 0 Å². The lowest BCUT2D eigenvalue weighted by Gasteiger charge is -2.58. The summed E-state index contributed by atoms with van der Waals surface area (Å²) in [5.41, 5.74) is 5.59. The minimum Gasteiger partial charge on any atom is -0.423 e. The molecule has 0 heterocycles. The zero-order valence-corrected chi connectivity index (χ0v) is 40.1. The van der Waals surface area contributed by atoms with Crippen LogP contribution in [0.2, 0.25) is 0 Å². The Morgan fingerprint density at radius 2 is 1.52 bits per heavy atom. The van der Waals surface area contributed by atoms with Crippen molar-refractivity contribution in [2.24, 2.45) is 64.1 Å². The topological polar surface area (TPSA) is 66.8 Å². The number of rotatable bonds is 11. The van der Waals surface area contributed by atoms with Crippen molar-refractivity contribution in [3.05, 3.63) is 76.9 Å². The molecule has 60 heavy (non-hydrogen) atoms. The third-order valence-corrected chi connectivity index (χ3v) is 16.9. The molecule has 0 radical (unpaired) electrons. The Hall–Kier alpha value is -2.43. The Bertz CT molecular complexity index is 1640. The second-order valence-corrected chi connectivity index (χ2v) is 22.1. The largest absolute Gasteiger partial charge is 0.423 e. The number of carbonyl (C=O) groups is 1. The first-order valence-electron chi connectivity index (χ1n) is 24.9. The van der Waals surface area contributed by atoms with Crippen molar-refractivity contribution in [3.63, 3.8) is 0 Å². The summed E-state index contributed by atoms with van der Waals surface area (Å²) < 4.78 is 5.40. The quantitative estimate of drug-likeness (QED) is 0.135. The molecule has 0 spiro atoms. The van der Waals surface area contributed by atoms with Crippen molar-refractivity contribution >= 4 is 5.97 Å². The maximum atomic E-state index is 12.0. The molecule has 2 aromatic rings. The van der Waals surface area contributed by atoms with Gasteiger partial charge in [0.15, 0.2) is 0 Å². The molecule has 5 aliphatic carbocycles. The van der Waals surface area contributed by atoms with Crippen LogP contribution in [-0.4, -0.2) is 28.4 Å². The van der Waals surface area contributed by atoms with E-state index in [4.69, 9.17) is 4.74 Å². The van der Waals surface area contributed by atoms with Gasteiger partial charge in [0, 0.05) is 0 Å². The van der Waals surface area contributed by atoms with Crippen LogP contribution in [0.25, 0.3) is 0 Å². The van der Waals surface area contributed by atoms with Crippen LogP contribution in [0.3, 0.4) is 0 Å². The van der Waals surface area contributed by atoms with Gasteiger partial charge in [-0.3, -0.25) is 0 Å². The normalized spacial score (nSPS) is 33.1. The van der Waals surface area contributed by atoms with Crippen LogP contribution in [0.1, 0.15) is 199 Å². The molecule has 4 saturated carbocycles. The number of hydrogen-bond donors (Lipinski definition) is 2. The number of hydrogen-bond acceptors (Lipinski definition) is 4. The van der Waals surface area contributed by atoms with Crippen molar-refractivity contribution in [3.8, 4) is 5.75 Å². The molecule has 0 aromatic heterocycles. The summed E-state index contributed by atoms with van der Waals surface area (Å²) in [7, 11) is 0. The highest BCUT2D eigenvalue weighted by Gasteiger charge is 2.59. The number of aliphatic hydroxyl groups excluding tert-OH is 2. The zero-order valence-electron chi connectivity index (χ0n) is 40.1. The fourth-order valence-corrected chi connectivity index (χ4v) is 13.1. The van der Waals surface area contributed by atoms with Crippen LogP contribution in [0.4, 0.5) is 0 Å². The molecule has 336 valence electrons. The van der Waals surface area contributed by atoms with Crippen molar-refractivity contribution in [1.29, 1.82) is 0 Å². The van der Waals surface area contributed by atoms with Gasteiger partial charge in [0.1, 0.15) is 5.75 Å². The molecule has 0 aliphatic heterocycles. The van der Waals surface area contributed by atoms with Crippen molar-refractivity contribution in [2.75, 3.05) is 0 Å². The van der Waals surface area contributed by atoms with E-state index in [1.54, 1.807) is 17.7 Å². The molecular weight excluding hydrogens is 737 g/mol. The number of allylic oxidation sites excluding steroid dienone is 1. The van der Waals surface area contributed by atoms with Gasteiger partial charge in [0.2, 0.25) is 0 Å². The van der Waals surface area contributed by atoms with E-state index in [1.807, 2.05) is 43.3 Å². The highest BCUT2D eigenvalue weighted by Crippen LogP contribution is 2.67. The number of fused-ring (bicyclic) bond motifs is 5. The third kappa shape index (κ3) is 12.0. The fourth-order valence-electron chi connectivity index (χ4n) is 13.1. The fraction of sp³-hybridized carbons (Fsp3) is 0.732. The monoisotopic (exact) mass is 825 g/mol. The van der Waals surface area contributed by atoms with Crippen LogP contribution in [0.15, 0.2) is 60.2 Å². The van der Waals surface area contributed by atoms with Crippen LogP contribution in [-0.2, 0) is 0 Å². The molecule has 5 aliphatic rings. The summed E-state index contributed by atoms with van der Waals surface area (Å²) in [6.45, 7) is 25.6. The summed E-state index contributed by atoms with van der Waals surface area (Å²) in [6.07, 6.45) is 23.0. The summed E-state index contributed by atoms with van der Waals surface area (Å²) in [5.74, 6) is 8.22. The van der Waals surface area contributed by atoms with Crippen LogP contribution in [0, 0.1) is 71.0 Å². The Labute approximate surface area is 368 Å². The molecule has 4 fully saturated rings. The highest BCUT2D eigenvalue weighted by atomic mass is 16.5. The van der Waals surface area contributed by atoms with Crippen molar-refractivity contribution < 1.29 is 19.7 Å². The lowest BCUT2D eigenvalue weighted by molar-refractivity contribution is -0.0573. The lowest BCUT2D eigenvalue weighted by atomic mass is 9.47. The van der Waals surface area contributed by atoms with Crippen LogP contribution in [0.5, 0.6) is 5.75 Å². The number of ether oxygens (including phenoxy) is 1. The molecule has 2 aromatic carbocycles. The molecule has 7 rings (SSSR count). The van der Waals surface area contributed by atoms with E-state index in [1.165, 1.54) is 89.0 Å². The van der Waals surface area contributed by atoms with E-state index in [0.29, 0.717) is 39.9 Å². The van der Waals surface area contributed by atoms with E-state index in [2.05, 4.69) is 75.3 Å². The van der Waals surface area contributed by atoms with Gasteiger partial charge in [-0.25, -0.2) is 4.79 Å². The molecule has 4 nitrogen and oxygen atoms in total. The number of aryl methyl sites for hydroxylation is 1. The molecule has 0 saturated heterocycles. The van der Waals surface area contributed by atoms with Crippen molar-refractivity contribution in [2.45, 2.75) is 197 Å². The van der Waals surface area contributed by atoms with Gasteiger partial charge >= 0.3 is 5.97 Å². The van der Waals surface area contributed by atoms with Gasteiger partial charge < -0.3 is 14.9 Å². The summed E-state index contributed by atoms with van der Waals surface area (Å²) in [5, 5.41) is 19.9. The van der Waals surface area contributed by atoms with E-state index in [-0.39, 0.29) is 18.2 Å². The van der Waals surface area contributed by atoms with E-state index >= 15 is 0 Å². The molecule has 0 amide bonds. The van der Waals surface area contributed by atoms with Gasteiger partial charge in [-0.2, -0.15) is 0 Å². The van der Waals surface area contributed by atoms with E-state index in [9.17, 15) is 15.0 Å². The second kappa shape index (κ2) is 21.8. The Kier molecular flexibility index (Phi) is 17.6. The number of carbonyl (C=O) groups excluding carboxylic acids is 1. The first-order valence-corrected chi connectivity index (χ1v) is 24.9. The van der Waals surface area contributed by atoms with Gasteiger partial charge in [0.25, 0.3) is 0 Å². The van der Waals surface area contributed by atoms with Crippen molar-refractivity contribution in [1.82, 2.24) is 0 Å². The summed E-state index contributed by atoms with van der Waals surface area (Å²) in [4.78, 5) is 12.0. The van der Waals surface area contributed by atoms with E-state index in [0.717, 1.165) is 66.3 Å². The third-order valence-electron chi connectivity index (χ3n) is 16.9. The summed E-state index contributed by atoms with van der Waals surface area (Å²) in [6, 6.07) is 15.2. The Morgan fingerprint density at radius 1 is 0.817 bits per heavy atom. The minimum absolute atomic E-state index is 0.0289. The Balaban J connectivity index is 0.000000187. The van der Waals surface area contributed by atoms with Gasteiger partial charge in [-0.1, -0.05) is 143 Å². The molecule has 2 N–H and O–H groups in total. The molecule has 6 unspecified atom stereocenters. The standard InChI is InChI=1S/C27H46O.C19H22O2.C10H20O/c1-18(2)7-6-8-19(3)23-11-12-24-22-10-9-20-17-21(28)13-15-26(20,4)25(22)14-16-27(23,24)5;1-4-5-15(3)16-10-12-18(13-11-16)21-19(20)17-8-6-14(2)7-9-17;1-7(2)9-5-4-8(3)6-10(9)11/h9,18-19,21-25,28H,6-8,10-17H2,1-5H3;6-13,15H,4-5H2,1-3H3;7-11H,4-6H2,1-3H3/t19?,21-,22?,23?,24?,25?,26-,27+;;8-,9+,10-/m0.0/s1. The predicted molar refractivity (Wildman–Crippen MR) is 252 cm³/mol. The Morgan fingerprint density at radius 3 is 2.15 bits per heavy atom. The SMILES string of the molecule is CC(C)CCCC(C)C1CCC2C3CC=C4C[C@@H](O)CC[C@]4(C)C3CC[C@]12C.CC(C)[C@H]1CC[C@H](C)C[C@@H]1O.CCCC(C)c1ccc(OC(=O)c2ccc(C)cc2)cc1. The van der Waals surface area contributed by atoms with Gasteiger partial charge in [-0.05, 0) is 177 Å². The van der Waals surface area contributed by atoms with Gasteiger partial charge in [0.05, 0.1) is 17.8 Å². The van der Waals surface area contributed by atoms with Crippen LogP contribution >= 0.6 is 0 Å². The minimum atomic E-state index is -0.315. The number of esters is 1. The first kappa shape index (κ1) is 48.6. The number of aliphatic hydroxyl groups is 2. The number of benzene rings is 2. The predicted octanol–water partition coefficient (Wildman–Crippen LogP) is 14.9. The molecule has 12 atom stereocenters. The zero-order chi connectivity index (χ0) is 43.8. The molecular formula is C56H88O4. The average molecular weight is 825 g/mol. The molecule has 0 bridgehead atoms. The smallest absolute Gasteiger partial charge is 0.343 e. The lowest BCUT2D eigenvalue weighted by Crippen LogP contribution is -2.50. The highest BCUT2D eigenvalue weighted by molar-refractivity contribution is 5.91. The average Bonchev–Trinajstić information content (AvgIpc) is 3.56. The van der Waals surface area contributed by atoms with Crippen LogP contribution < -0.4 is 4.74 Å².